The topological polar surface area (TPSA) is 49.3 Å². The molecule has 0 aromatic heterocycles. The lowest BCUT2D eigenvalue weighted by atomic mass is 10.2. The monoisotopic (exact) mass is 291 g/mol. The fourth-order valence-electron chi connectivity index (χ4n) is 1.08. The van der Waals surface area contributed by atoms with E-state index in [2.05, 4.69) is 21.2 Å². The molecule has 0 atom stereocenters. The first-order valence-corrected chi connectivity index (χ1v) is 5.63. The van der Waals surface area contributed by atoms with Crippen LogP contribution in [0.3, 0.4) is 0 Å². The SMILES string of the molecule is O=C(O)CCNCc1ccc(Br)c(Cl)c1. The van der Waals surface area contributed by atoms with Gasteiger partial charge in [0.1, 0.15) is 0 Å². The molecule has 0 fully saturated rings. The molecule has 0 spiro atoms. The van der Waals surface area contributed by atoms with E-state index in [1.165, 1.54) is 0 Å². The molecule has 0 saturated heterocycles. The van der Waals surface area contributed by atoms with Gasteiger partial charge < -0.3 is 10.4 Å². The van der Waals surface area contributed by atoms with Crippen LogP contribution in [0, 0.1) is 0 Å². The summed E-state index contributed by atoms with van der Waals surface area (Å²) in [7, 11) is 0. The number of carbonyl (C=O) groups is 1. The summed E-state index contributed by atoms with van der Waals surface area (Å²) in [6.07, 6.45) is 0.129. The molecule has 5 heteroatoms. The first kappa shape index (κ1) is 12.5. The maximum Gasteiger partial charge on any atom is 0.304 e. The molecule has 0 unspecified atom stereocenters. The van der Waals surface area contributed by atoms with Crippen molar-refractivity contribution in [2.24, 2.45) is 0 Å². The van der Waals surface area contributed by atoms with Gasteiger partial charge in [-0.15, -0.1) is 0 Å². The molecule has 0 saturated carbocycles. The number of halogens is 2. The Labute approximate surface area is 102 Å². The second-order valence-electron chi connectivity index (χ2n) is 3.07. The summed E-state index contributed by atoms with van der Waals surface area (Å²) in [5.41, 5.74) is 1.04. The second kappa shape index (κ2) is 6.10. The van der Waals surface area contributed by atoms with Crippen LogP contribution in [-0.2, 0) is 11.3 Å². The minimum absolute atomic E-state index is 0.129. The summed E-state index contributed by atoms with van der Waals surface area (Å²) in [5.74, 6) is -0.795. The Morgan fingerprint density at radius 1 is 1.53 bits per heavy atom. The molecule has 1 aromatic rings. The van der Waals surface area contributed by atoms with Gasteiger partial charge in [0.25, 0.3) is 0 Å². The van der Waals surface area contributed by atoms with Crippen molar-refractivity contribution in [2.75, 3.05) is 6.54 Å². The number of rotatable bonds is 5. The third kappa shape index (κ3) is 4.64. The van der Waals surface area contributed by atoms with E-state index < -0.39 is 5.97 Å². The lowest BCUT2D eigenvalue weighted by molar-refractivity contribution is -0.136. The van der Waals surface area contributed by atoms with Crippen molar-refractivity contribution in [1.82, 2.24) is 5.32 Å². The van der Waals surface area contributed by atoms with Gasteiger partial charge in [0.2, 0.25) is 0 Å². The van der Waals surface area contributed by atoms with Crippen LogP contribution in [-0.4, -0.2) is 17.6 Å². The van der Waals surface area contributed by atoms with Crippen LogP contribution in [0.15, 0.2) is 22.7 Å². The lowest BCUT2D eigenvalue weighted by Crippen LogP contribution is -2.17. The quantitative estimate of drug-likeness (QED) is 0.820. The van der Waals surface area contributed by atoms with E-state index in [1.807, 2.05) is 18.2 Å². The standard InChI is InChI=1S/C10H11BrClNO2/c11-8-2-1-7(5-9(8)12)6-13-4-3-10(14)15/h1-2,5,13H,3-4,6H2,(H,14,15). The van der Waals surface area contributed by atoms with Gasteiger partial charge in [-0.3, -0.25) is 4.79 Å². The fraction of sp³-hybridized carbons (Fsp3) is 0.300. The van der Waals surface area contributed by atoms with Crippen LogP contribution in [0.2, 0.25) is 5.02 Å². The Balaban J connectivity index is 2.38. The predicted molar refractivity (Wildman–Crippen MR) is 63.1 cm³/mol. The van der Waals surface area contributed by atoms with E-state index in [-0.39, 0.29) is 6.42 Å². The Hall–Kier alpha value is -0.580. The van der Waals surface area contributed by atoms with Crippen LogP contribution in [0.4, 0.5) is 0 Å². The lowest BCUT2D eigenvalue weighted by Gasteiger charge is -2.04. The molecule has 1 aromatic carbocycles. The van der Waals surface area contributed by atoms with Gasteiger partial charge in [0.15, 0.2) is 0 Å². The molecule has 0 amide bonds. The van der Waals surface area contributed by atoms with Gasteiger partial charge in [-0.1, -0.05) is 17.7 Å². The van der Waals surface area contributed by atoms with Crippen molar-refractivity contribution in [3.8, 4) is 0 Å². The van der Waals surface area contributed by atoms with Crippen molar-refractivity contribution in [3.63, 3.8) is 0 Å². The largest absolute Gasteiger partial charge is 0.481 e. The first-order chi connectivity index (χ1) is 7.09. The van der Waals surface area contributed by atoms with Crippen molar-refractivity contribution in [3.05, 3.63) is 33.3 Å². The third-order valence-electron chi connectivity index (χ3n) is 1.83. The van der Waals surface area contributed by atoms with Crippen molar-refractivity contribution in [1.29, 1.82) is 0 Å². The number of benzene rings is 1. The van der Waals surface area contributed by atoms with E-state index >= 15 is 0 Å². The van der Waals surface area contributed by atoms with Gasteiger partial charge in [0.05, 0.1) is 11.4 Å². The summed E-state index contributed by atoms with van der Waals surface area (Å²) < 4.78 is 0.860. The van der Waals surface area contributed by atoms with Gasteiger partial charge in [-0.25, -0.2) is 0 Å². The van der Waals surface area contributed by atoms with Crippen LogP contribution < -0.4 is 5.32 Å². The number of hydrogen-bond donors (Lipinski definition) is 2. The highest BCUT2D eigenvalue weighted by atomic mass is 79.9. The van der Waals surface area contributed by atoms with Gasteiger partial charge >= 0.3 is 5.97 Å². The highest BCUT2D eigenvalue weighted by Gasteiger charge is 1.99. The molecule has 2 N–H and O–H groups in total. The molecule has 0 aliphatic rings. The molecule has 82 valence electrons. The zero-order valence-electron chi connectivity index (χ0n) is 7.96. The van der Waals surface area contributed by atoms with E-state index in [0.29, 0.717) is 18.1 Å². The number of carboxylic acid groups (broad SMARTS) is 1. The Kier molecular flexibility index (Phi) is 5.08. The molecule has 1 rings (SSSR count). The van der Waals surface area contributed by atoms with Crippen LogP contribution in [0.25, 0.3) is 0 Å². The van der Waals surface area contributed by atoms with Gasteiger partial charge in [-0.05, 0) is 33.6 Å². The predicted octanol–water partition coefficient (Wildman–Crippen LogP) is 2.67. The molecule has 15 heavy (non-hydrogen) atoms. The van der Waals surface area contributed by atoms with Crippen molar-refractivity contribution in [2.45, 2.75) is 13.0 Å². The molecular weight excluding hydrogens is 281 g/mol. The molecule has 3 nitrogen and oxygen atoms in total. The Morgan fingerprint density at radius 3 is 2.87 bits per heavy atom. The third-order valence-corrected chi connectivity index (χ3v) is 3.06. The fourth-order valence-corrected chi connectivity index (χ4v) is 1.53. The molecular formula is C10H11BrClNO2. The van der Waals surface area contributed by atoms with Gasteiger partial charge in [0, 0.05) is 17.6 Å². The average molecular weight is 293 g/mol. The molecule has 0 radical (unpaired) electrons. The van der Waals surface area contributed by atoms with Gasteiger partial charge in [-0.2, -0.15) is 0 Å². The number of nitrogens with one attached hydrogen (secondary N) is 1. The minimum Gasteiger partial charge on any atom is -0.481 e. The van der Waals surface area contributed by atoms with E-state index in [1.54, 1.807) is 0 Å². The highest BCUT2D eigenvalue weighted by Crippen LogP contribution is 2.22. The summed E-state index contributed by atoms with van der Waals surface area (Å²) >= 11 is 9.21. The highest BCUT2D eigenvalue weighted by molar-refractivity contribution is 9.10. The van der Waals surface area contributed by atoms with Crippen LogP contribution >= 0.6 is 27.5 Å². The van der Waals surface area contributed by atoms with Crippen molar-refractivity contribution < 1.29 is 9.90 Å². The van der Waals surface area contributed by atoms with E-state index in [0.717, 1.165) is 10.0 Å². The number of carboxylic acids is 1. The van der Waals surface area contributed by atoms with E-state index in [9.17, 15) is 4.79 Å². The summed E-state index contributed by atoms with van der Waals surface area (Å²) in [4.78, 5) is 10.2. The Bertz CT molecular complexity index is 357. The molecule has 0 aliphatic carbocycles. The smallest absolute Gasteiger partial charge is 0.304 e. The summed E-state index contributed by atoms with van der Waals surface area (Å²) in [6, 6.07) is 5.65. The first-order valence-electron chi connectivity index (χ1n) is 4.46. The minimum atomic E-state index is -0.795. The zero-order valence-corrected chi connectivity index (χ0v) is 10.3. The summed E-state index contributed by atoms with van der Waals surface area (Å²) in [6.45, 7) is 1.09. The molecule has 0 heterocycles. The normalized spacial score (nSPS) is 10.3. The maximum absolute atomic E-state index is 10.2. The van der Waals surface area contributed by atoms with E-state index in [4.69, 9.17) is 16.7 Å². The average Bonchev–Trinajstić information content (AvgIpc) is 2.18. The maximum atomic E-state index is 10.2. The summed E-state index contributed by atoms with van der Waals surface area (Å²) in [5, 5.41) is 12.1. The second-order valence-corrected chi connectivity index (χ2v) is 4.33. The Morgan fingerprint density at radius 2 is 2.27 bits per heavy atom. The number of aliphatic carboxylic acids is 1. The van der Waals surface area contributed by atoms with Crippen LogP contribution in [0.5, 0.6) is 0 Å². The number of hydrogen-bond acceptors (Lipinski definition) is 2. The zero-order chi connectivity index (χ0) is 11.3. The van der Waals surface area contributed by atoms with Crippen LogP contribution in [0.1, 0.15) is 12.0 Å². The molecule has 0 aliphatic heterocycles. The van der Waals surface area contributed by atoms with Crippen molar-refractivity contribution >= 4 is 33.5 Å². The molecule has 0 bridgehead atoms.